The van der Waals surface area contributed by atoms with Crippen molar-refractivity contribution >= 4 is 0 Å². The van der Waals surface area contributed by atoms with Gasteiger partial charge in [-0.05, 0) is 36.2 Å². The van der Waals surface area contributed by atoms with Crippen LogP contribution in [0.3, 0.4) is 0 Å². The van der Waals surface area contributed by atoms with Gasteiger partial charge in [0.05, 0.1) is 5.56 Å². The molecule has 4 heteroatoms. The highest BCUT2D eigenvalue weighted by atomic mass is 19.1. The minimum Gasteiger partial charge on any atom is -0.489 e. The van der Waals surface area contributed by atoms with Gasteiger partial charge in [-0.25, -0.2) is 13.2 Å². The number of rotatable bonds is 4. The molecule has 20 heavy (non-hydrogen) atoms. The quantitative estimate of drug-likeness (QED) is 0.750. The van der Waals surface area contributed by atoms with Gasteiger partial charge in [0.15, 0.2) is 0 Å². The van der Waals surface area contributed by atoms with Crippen molar-refractivity contribution in [2.75, 3.05) is 6.61 Å². The van der Waals surface area contributed by atoms with E-state index in [1.165, 1.54) is 6.08 Å². The fraction of sp³-hybridized carbons (Fsp3) is 0.125. The minimum absolute atomic E-state index is 0.0571. The van der Waals surface area contributed by atoms with Gasteiger partial charge in [-0.1, -0.05) is 12.7 Å². The number of ether oxygens (including phenoxy) is 1. The van der Waals surface area contributed by atoms with Crippen LogP contribution >= 0.6 is 0 Å². The van der Waals surface area contributed by atoms with Crippen LogP contribution in [-0.4, -0.2) is 6.61 Å². The SMILES string of the molecule is C=CCOc1cc(F)c(-c2cc(F)c[c]c2C)c(F)c1. The van der Waals surface area contributed by atoms with Gasteiger partial charge in [-0.2, -0.15) is 0 Å². The number of hydrogen-bond acceptors (Lipinski definition) is 1. The molecule has 0 aliphatic heterocycles. The summed E-state index contributed by atoms with van der Waals surface area (Å²) in [5.74, 6) is -2.17. The Morgan fingerprint density at radius 2 is 1.85 bits per heavy atom. The van der Waals surface area contributed by atoms with E-state index in [0.29, 0.717) is 5.56 Å². The fourth-order valence-electron chi connectivity index (χ4n) is 1.85. The fourth-order valence-corrected chi connectivity index (χ4v) is 1.85. The third-order valence-electron chi connectivity index (χ3n) is 2.77. The average Bonchev–Trinajstić information content (AvgIpc) is 2.39. The first-order valence-electron chi connectivity index (χ1n) is 5.94. The zero-order chi connectivity index (χ0) is 14.7. The second-order valence-corrected chi connectivity index (χ2v) is 4.22. The Morgan fingerprint density at radius 1 is 1.20 bits per heavy atom. The molecule has 0 bridgehead atoms. The van der Waals surface area contributed by atoms with Crippen molar-refractivity contribution in [3.05, 3.63) is 66.0 Å². The first-order chi connectivity index (χ1) is 9.52. The molecule has 0 spiro atoms. The van der Waals surface area contributed by atoms with Crippen LogP contribution in [0.25, 0.3) is 11.1 Å². The van der Waals surface area contributed by atoms with E-state index >= 15 is 0 Å². The van der Waals surface area contributed by atoms with Gasteiger partial charge < -0.3 is 4.74 Å². The second-order valence-electron chi connectivity index (χ2n) is 4.22. The molecular weight excluding hydrogens is 265 g/mol. The second kappa shape index (κ2) is 5.82. The number of aryl methyl sites for hydroxylation is 1. The molecule has 2 rings (SSSR count). The highest BCUT2D eigenvalue weighted by Crippen LogP contribution is 2.32. The van der Waals surface area contributed by atoms with Crippen molar-refractivity contribution < 1.29 is 17.9 Å². The van der Waals surface area contributed by atoms with Crippen LogP contribution in [0.2, 0.25) is 0 Å². The predicted molar refractivity (Wildman–Crippen MR) is 71.0 cm³/mol. The van der Waals surface area contributed by atoms with E-state index in [0.717, 1.165) is 24.3 Å². The van der Waals surface area contributed by atoms with E-state index in [-0.39, 0.29) is 23.5 Å². The first-order valence-corrected chi connectivity index (χ1v) is 5.94. The normalized spacial score (nSPS) is 10.4. The summed E-state index contributed by atoms with van der Waals surface area (Å²) in [5, 5.41) is 0. The van der Waals surface area contributed by atoms with Crippen molar-refractivity contribution in [1.29, 1.82) is 0 Å². The van der Waals surface area contributed by atoms with Crippen LogP contribution in [0.15, 0.2) is 36.9 Å². The predicted octanol–water partition coefficient (Wildman–Crippen LogP) is 4.44. The smallest absolute Gasteiger partial charge is 0.137 e. The molecule has 1 radical (unpaired) electrons. The molecule has 0 unspecified atom stereocenters. The van der Waals surface area contributed by atoms with Crippen LogP contribution in [0.5, 0.6) is 5.75 Å². The van der Waals surface area contributed by atoms with E-state index < -0.39 is 17.5 Å². The van der Waals surface area contributed by atoms with Gasteiger partial charge in [0.25, 0.3) is 0 Å². The zero-order valence-corrected chi connectivity index (χ0v) is 10.8. The van der Waals surface area contributed by atoms with E-state index in [2.05, 4.69) is 12.6 Å². The summed E-state index contributed by atoms with van der Waals surface area (Å²) in [6.07, 6.45) is 1.47. The maximum absolute atomic E-state index is 14.1. The maximum atomic E-state index is 14.1. The number of halogens is 3. The summed E-state index contributed by atoms with van der Waals surface area (Å²) < 4.78 is 46.4. The van der Waals surface area contributed by atoms with Crippen molar-refractivity contribution in [1.82, 2.24) is 0 Å². The zero-order valence-electron chi connectivity index (χ0n) is 10.8. The van der Waals surface area contributed by atoms with Crippen molar-refractivity contribution in [3.63, 3.8) is 0 Å². The Labute approximate surface area is 115 Å². The number of hydrogen-bond donors (Lipinski definition) is 0. The summed E-state index contributed by atoms with van der Waals surface area (Å²) in [7, 11) is 0. The molecule has 0 saturated carbocycles. The highest BCUT2D eigenvalue weighted by molar-refractivity contribution is 5.69. The lowest BCUT2D eigenvalue weighted by Crippen LogP contribution is -1.98. The molecule has 0 aliphatic rings. The highest BCUT2D eigenvalue weighted by Gasteiger charge is 2.16. The van der Waals surface area contributed by atoms with Crippen molar-refractivity contribution in [2.24, 2.45) is 0 Å². The van der Waals surface area contributed by atoms with E-state index in [9.17, 15) is 13.2 Å². The van der Waals surface area contributed by atoms with Crippen LogP contribution in [-0.2, 0) is 0 Å². The molecule has 0 amide bonds. The third-order valence-corrected chi connectivity index (χ3v) is 2.77. The lowest BCUT2D eigenvalue weighted by molar-refractivity contribution is 0.358. The summed E-state index contributed by atoms with van der Waals surface area (Å²) in [6, 6.07) is 6.94. The number of benzene rings is 2. The molecule has 1 nitrogen and oxygen atoms in total. The minimum atomic E-state index is -0.814. The summed E-state index contributed by atoms with van der Waals surface area (Å²) in [4.78, 5) is 0. The van der Waals surface area contributed by atoms with Crippen LogP contribution in [0, 0.1) is 30.4 Å². The van der Waals surface area contributed by atoms with E-state index in [1.807, 2.05) is 0 Å². The Balaban J connectivity index is 2.52. The molecule has 0 atom stereocenters. The van der Waals surface area contributed by atoms with Crippen LogP contribution in [0.1, 0.15) is 5.56 Å². The molecule has 0 fully saturated rings. The van der Waals surface area contributed by atoms with Gasteiger partial charge in [0, 0.05) is 12.1 Å². The first kappa shape index (κ1) is 14.2. The van der Waals surface area contributed by atoms with E-state index in [4.69, 9.17) is 4.74 Å². The third kappa shape index (κ3) is 2.85. The molecule has 0 saturated heterocycles. The summed E-state index contributed by atoms with van der Waals surface area (Å²) in [6.45, 7) is 5.20. The Morgan fingerprint density at radius 3 is 2.45 bits per heavy atom. The lowest BCUT2D eigenvalue weighted by atomic mass is 9.99. The molecule has 103 valence electrons. The summed E-state index contributed by atoms with van der Waals surface area (Å²) >= 11 is 0. The van der Waals surface area contributed by atoms with Gasteiger partial charge >= 0.3 is 0 Å². The van der Waals surface area contributed by atoms with Crippen molar-refractivity contribution in [3.8, 4) is 16.9 Å². The molecule has 0 aromatic heterocycles. The lowest BCUT2D eigenvalue weighted by Gasteiger charge is -2.11. The monoisotopic (exact) mass is 277 g/mol. The van der Waals surface area contributed by atoms with Crippen LogP contribution < -0.4 is 4.74 Å². The Kier molecular flexibility index (Phi) is 4.13. The largest absolute Gasteiger partial charge is 0.489 e. The Bertz CT molecular complexity index is 627. The van der Waals surface area contributed by atoms with Gasteiger partial charge in [-0.3, -0.25) is 0 Å². The topological polar surface area (TPSA) is 9.23 Å². The molecule has 0 N–H and O–H groups in total. The standard InChI is InChI=1S/C16H12F3O/c1-3-6-20-12-8-14(18)16(15(19)9-12)13-7-11(17)5-4-10(13)2/h3,5,7-9H,1,6H2,2H3. The summed E-state index contributed by atoms with van der Waals surface area (Å²) in [5.41, 5.74) is 0.309. The van der Waals surface area contributed by atoms with Gasteiger partial charge in [0.2, 0.25) is 0 Å². The van der Waals surface area contributed by atoms with E-state index in [1.54, 1.807) is 6.92 Å². The van der Waals surface area contributed by atoms with Crippen molar-refractivity contribution in [2.45, 2.75) is 6.92 Å². The molecule has 0 heterocycles. The molecular formula is C16H12F3O. The average molecular weight is 277 g/mol. The molecule has 2 aromatic carbocycles. The maximum Gasteiger partial charge on any atom is 0.137 e. The van der Waals surface area contributed by atoms with Crippen LogP contribution in [0.4, 0.5) is 13.2 Å². The molecule has 0 aliphatic carbocycles. The van der Waals surface area contributed by atoms with Gasteiger partial charge in [0.1, 0.15) is 29.8 Å². The van der Waals surface area contributed by atoms with Gasteiger partial charge in [-0.15, -0.1) is 0 Å². The Hall–Kier alpha value is -2.23. The molecule has 2 aromatic rings.